The molecule has 1 unspecified atom stereocenters. The molecule has 4 fully saturated rings. The van der Waals surface area contributed by atoms with E-state index in [-0.39, 0.29) is 43.1 Å². The topological polar surface area (TPSA) is 229 Å². The lowest BCUT2D eigenvalue weighted by molar-refractivity contribution is -0.351. The first kappa shape index (κ1) is 45.9. The summed E-state index contributed by atoms with van der Waals surface area (Å²) in [6.07, 6.45) is -13.1. The third kappa shape index (κ3) is 7.80. The lowest BCUT2D eigenvalue weighted by Gasteiger charge is -2.67. The van der Waals surface area contributed by atoms with Crippen LogP contribution in [0.15, 0.2) is 41.5 Å². The van der Waals surface area contributed by atoms with Crippen molar-refractivity contribution in [2.75, 3.05) is 6.61 Å². The van der Waals surface area contributed by atoms with Gasteiger partial charge in [0.2, 0.25) is 0 Å². The summed E-state index contributed by atoms with van der Waals surface area (Å²) in [5.41, 5.74) is -7.39. The van der Waals surface area contributed by atoms with Crippen molar-refractivity contribution in [3.63, 3.8) is 0 Å². The minimum absolute atomic E-state index is 0.0638. The van der Waals surface area contributed by atoms with E-state index >= 15 is 4.79 Å². The molecule has 3 N–H and O–H groups in total. The molecule has 2 bridgehead atoms. The first-order valence-corrected chi connectivity index (χ1v) is 20.7. The number of hydrogen-bond acceptors (Lipinski definition) is 16. The quantitative estimate of drug-likeness (QED) is 0.162. The van der Waals surface area contributed by atoms with E-state index in [1.54, 1.807) is 65.0 Å². The van der Waals surface area contributed by atoms with Crippen LogP contribution in [0.5, 0.6) is 0 Å². The van der Waals surface area contributed by atoms with Crippen LogP contribution in [-0.4, -0.2) is 118 Å². The fourth-order valence-corrected chi connectivity index (χ4v) is 10.4. The number of hydrogen-bond donors (Lipinski definition) is 3. The summed E-state index contributed by atoms with van der Waals surface area (Å²) < 4.78 is 49.0. The molecule has 1 aromatic carbocycles. The zero-order chi connectivity index (χ0) is 45.2. The molecular formula is C44H59NO16. The van der Waals surface area contributed by atoms with Gasteiger partial charge >= 0.3 is 30.2 Å². The van der Waals surface area contributed by atoms with Gasteiger partial charge in [0.1, 0.15) is 17.8 Å². The van der Waals surface area contributed by atoms with Gasteiger partial charge in [-0.15, -0.1) is 0 Å². The molecular weight excluding hydrogens is 798 g/mol. The van der Waals surface area contributed by atoms with Crippen molar-refractivity contribution in [2.45, 2.75) is 161 Å². The largest absolute Gasteiger partial charge is 0.509 e. The summed E-state index contributed by atoms with van der Waals surface area (Å²) in [6.45, 7) is 16.8. The van der Waals surface area contributed by atoms with E-state index in [1.807, 2.05) is 13.8 Å². The van der Waals surface area contributed by atoms with Gasteiger partial charge < -0.3 is 53.4 Å². The smallest absolute Gasteiger partial charge is 0.454 e. The first-order valence-electron chi connectivity index (χ1n) is 20.7. The molecule has 2 heterocycles. The standard InChI is InChI=1S/C44H59NO16/c1-21(2)17-26(45-38(52)60-40(6,7)8)30(49)37(51)57-31-22(3)29-32(56-23(4)46)34(50)42(11)27(48)18-28-43(20-55-28,59-24(5)47)33(42)36(54-19-25-15-13-12-14-16-25)44(41(29,9)10)35(31)58-39(53)61-44/h12-16,21,26-28,30-33,35-36,48-49H,17-20H2,1-11H3,(H,45,52)/t26-,27-,28+,30+,31+,32+,33-,35-,36?,42+,43-,44+/m0/s1. The Labute approximate surface area is 355 Å². The summed E-state index contributed by atoms with van der Waals surface area (Å²) in [5.74, 6) is -5.16. The van der Waals surface area contributed by atoms with Gasteiger partial charge in [-0.1, -0.05) is 58.0 Å². The maximum absolute atomic E-state index is 15.6. The summed E-state index contributed by atoms with van der Waals surface area (Å²) in [7, 11) is 0. The number of Topliss-reactive ketones (excluding diaryl/α,β-unsaturated/α-hetero) is 1. The normalized spacial score (nSPS) is 34.7. The predicted molar refractivity (Wildman–Crippen MR) is 211 cm³/mol. The van der Waals surface area contributed by atoms with Crippen LogP contribution >= 0.6 is 0 Å². The summed E-state index contributed by atoms with van der Waals surface area (Å²) >= 11 is 0. The molecule has 61 heavy (non-hydrogen) atoms. The Kier molecular flexibility index (Phi) is 12.3. The molecule has 1 aromatic rings. The Morgan fingerprint density at radius 2 is 1.66 bits per heavy atom. The number of fused-ring (bicyclic) bond motifs is 4. The van der Waals surface area contributed by atoms with Crippen LogP contribution in [-0.2, 0) is 63.7 Å². The second kappa shape index (κ2) is 16.3. The van der Waals surface area contributed by atoms with Gasteiger partial charge in [0, 0.05) is 31.6 Å². The van der Waals surface area contributed by atoms with Crippen LogP contribution in [0.4, 0.5) is 9.59 Å². The molecule has 17 nitrogen and oxygen atoms in total. The number of nitrogens with one attached hydrogen (secondary N) is 1. The van der Waals surface area contributed by atoms with E-state index in [0.717, 1.165) is 6.92 Å². The highest BCUT2D eigenvalue weighted by Crippen LogP contribution is 2.66. The Balaban J connectivity index is 1.59. The molecule has 2 saturated carbocycles. The summed E-state index contributed by atoms with van der Waals surface area (Å²) in [6, 6.07) is 7.74. The SMILES string of the molecule is CC(=O)O[C@H]1C(=O)[C@@]2(C)[C@H](C(OCc3ccccc3)[C@]34OC(=O)O[C@H]3[C@H](OC(=O)[C@H](O)[C@H](CC(C)C)NC(=O)OC(C)(C)C)C(C)=C1C4(C)C)[C@]1(OC(C)=O)CO[C@@H]1C[C@@H]2O. The van der Waals surface area contributed by atoms with E-state index in [0.29, 0.717) is 5.56 Å². The number of carbonyl (C=O) groups is 6. The molecule has 2 saturated heterocycles. The van der Waals surface area contributed by atoms with Crippen LogP contribution in [0.25, 0.3) is 0 Å². The van der Waals surface area contributed by atoms with E-state index in [4.69, 9.17) is 37.9 Å². The van der Waals surface area contributed by atoms with E-state index in [2.05, 4.69) is 5.32 Å². The highest BCUT2D eigenvalue weighted by molar-refractivity contribution is 5.95. The van der Waals surface area contributed by atoms with E-state index in [9.17, 15) is 34.2 Å². The number of alkyl carbamates (subject to hydrolysis) is 1. The second-order valence-electron chi connectivity index (χ2n) is 19.0. The average Bonchev–Trinajstić information content (AvgIpc) is 3.51. The number of aliphatic hydroxyl groups excluding tert-OH is 2. The number of carbonyl (C=O) groups excluding carboxylic acids is 6. The van der Waals surface area contributed by atoms with Gasteiger partial charge in [0.15, 0.2) is 41.4 Å². The highest BCUT2D eigenvalue weighted by Gasteiger charge is 2.82. The molecule has 336 valence electrons. The van der Waals surface area contributed by atoms with Crippen LogP contribution in [0.1, 0.15) is 94.6 Å². The maximum Gasteiger partial charge on any atom is 0.509 e. The molecule has 12 atom stereocenters. The van der Waals surface area contributed by atoms with Gasteiger partial charge in [0.25, 0.3) is 0 Å². The molecule has 0 aromatic heterocycles. The lowest BCUT2D eigenvalue weighted by Crippen LogP contribution is -2.83. The molecule has 0 radical (unpaired) electrons. The van der Waals surface area contributed by atoms with E-state index < -0.39 is 118 Å². The molecule has 2 aliphatic heterocycles. The zero-order valence-corrected chi connectivity index (χ0v) is 36.6. The Morgan fingerprint density at radius 1 is 1.00 bits per heavy atom. The second-order valence-corrected chi connectivity index (χ2v) is 19.0. The van der Waals surface area contributed by atoms with Crippen molar-refractivity contribution in [2.24, 2.45) is 22.7 Å². The maximum atomic E-state index is 15.6. The van der Waals surface area contributed by atoms with Gasteiger partial charge in [0.05, 0.1) is 30.8 Å². The van der Waals surface area contributed by atoms with Gasteiger partial charge in [-0.3, -0.25) is 14.4 Å². The molecule has 3 aliphatic carbocycles. The number of aliphatic hydroxyl groups is 2. The van der Waals surface area contributed by atoms with Crippen molar-refractivity contribution in [3.8, 4) is 0 Å². The third-order valence-electron chi connectivity index (χ3n) is 13.0. The minimum atomic E-state index is -2.12. The minimum Gasteiger partial charge on any atom is -0.454 e. The fourth-order valence-electron chi connectivity index (χ4n) is 10.4. The number of rotatable bonds is 11. The monoisotopic (exact) mass is 857 g/mol. The Morgan fingerprint density at radius 3 is 2.21 bits per heavy atom. The van der Waals surface area contributed by atoms with Crippen molar-refractivity contribution in [1.29, 1.82) is 0 Å². The molecule has 5 aliphatic rings. The first-order chi connectivity index (χ1) is 28.3. The average molecular weight is 858 g/mol. The van der Waals surface area contributed by atoms with Crippen LogP contribution in [0, 0.1) is 22.7 Å². The Hall–Kier alpha value is -4.58. The van der Waals surface area contributed by atoms with Crippen molar-refractivity contribution in [3.05, 3.63) is 47.0 Å². The van der Waals surface area contributed by atoms with Crippen molar-refractivity contribution < 1.29 is 76.9 Å². The number of ether oxygens (including phenoxy) is 8. The number of benzene rings is 1. The fraction of sp³-hybridized carbons (Fsp3) is 0.682. The van der Waals surface area contributed by atoms with Crippen LogP contribution < -0.4 is 5.32 Å². The molecule has 6 rings (SSSR count). The summed E-state index contributed by atoms with van der Waals surface area (Å²) in [5, 5.41) is 26.4. The highest BCUT2D eigenvalue weighted by atomic mass is 16.8. The van der Waals surface area contributed by atoms with Crippen molar-refractivity contribution in [1.82, 2.24) is 5.32 Å². The lowest BCUT2D eigenvalue weighted by atomic mass is 9.44. The van der Waals surface area contributed by atoms with Crippen LogP contribution in [0.3, 0.4) is 0 Å². The van der Waals surface area contributed by atoms with Crippen molar-refractivity contribution >= 4 is 35.9 Å². The van der Waals surface area contributed by atoms with Gasteiger partial charge in [-0.25, -0.2) is 14.4 Å². The zero-order valence-electron chi connectivity index (χ0n) is 36.6. The summed E-state index contributed by atoms with van der Waals surface area (Å²) in [4.78, 5) is 82.9. The predicted octanol–water partition coefficient (Wildman–Crippen LogP) is 4.02. The number of ketones is 1. The molecule has 1 amide bonds. The van der Waals surface area contributed by atoms with Crippen LogP contribution in [0.2, 0.25) is 0 Å². The third-order valence-corrected chi connectivity index (χ3v) is 13.0. The molecule has 1 spiro atoms. The molecule has 17 heteroatoms. The number of esters is 3. The Bertz CT molecular complexity index is 1960. The van der Waals surface area contributed by atoms with Gasteiger partial charge in [-0.2, -0.15) is 0 Å². The number of amides is 1. The van der Waals surface area contributed by atoms with Gasteiger partial charge in [-0.05, 0) is 63.7 Å². The van der Waals surface area contributed by atoms with E-state index in [1.165, 1.54) is 20.8 Å².